The van der Waals surface area contributed by atoms with Crippen molar-refractivity contribution in [2.24, 2.45) is 0 Å². The maximum atomic E-state index is 12.9. The lowest BCUT2D eigenvalue weighted by Gasteiger charge is -2.31. The van der Waals surface area contributed by atoms with E-state index < -0.39 is 23.8 Å². The van der Waals surface area contributed by atoms with E-state index in [2.05, 4.69) is 0 Å². The van der Waals surface area contributed by atoms with Gasteiger partial charge in [0.15, 0.2) is 6.10 Å². The molecule has 0 spiro atoms. The molecule has 2 aliphatic rings. The van der Waals surface area contributed by atoms with Crippen LogP contribution in [0.25, 0.3) is 0 Å². The number of fused-ring (bicyclic) bond motifs is 2. The van der Waals surface area contributed by atoms with Crippen LogP contribution in [0.2, 0.25) is 0 Å². The number of rotatable bonds is 4. The highest BCUT2D eigenvalue weighted by Gasteiger charge is 2.44. The molecule has 0 radical (unpaired) electrons. The molecule has 2 heterocycles. The first-order valence-electron chi connectivity index (χ1n) is 7.84. The maximum absolute atomic E-state index is 12.9. The number of ketones is 1. The lowest BCUT2D eigenvalue weighted by Crippen LogP contribution is -2.39. The molecule has 7 heteroatoms. The van der Waals surface area contributed by atoms with E-state index >= 15 is 0 Å². The summed E-state index contributed by atoms with van der Waals surface area (Å²) in [6.45, 7) is 3.56. The molecule has 0 aromatic heterocycles. The van der Waals surface area contributed by atoms with Crippen LogP contribution in [0.15, 0.2) is 47.4 Å². The van der Waals surface area contributed by atoms with Crippen molar-refractivity contribution in [1.82, 2.24) is 0 Å². The second kappa shape index (κ2) is 6.80. The van der Waals surface area contributed by atoms with Crippen molar-refractivity contribution in [3.05, 3.63) is 53.0 Å². The summed E-state index contributed by atoms with van der Waals surface area (Å²) < 4.78 is 21.0. The van der Waals surface area contributed by atoms with Gasteiger partial charge in [-0.15, -0.1) is 0 Å². The smallest absolute Gasteiger partial charge is 0.374 e. The number of Topliss-reactive ketones (excluding diaryl/α,β-unsaturated/α-hetero) is 1. The van der Waals surface area contributed by atoms with Gasteiger partial charge in [-0.2, -0.15) is 0 Å². The van der Waals surface area contributed by atoms with Gasteiger partial charge in [-0.25, -0.2) is 9.59 Å². The molecule has 0 saturated heterocycles. The van der Waals surface area contributed by atoms with Crippen molar-refractivity contribution >= 4 is 17.7 Å². The summed E-state index contributed by atoms with van der Waals surface area (Å²) in [6.07, 6.45) is -0.0193. The highest BCUT2D eigenvalue weighted by molar-refractivity contribution is 6.17. The molecule has 130 valence electrons. The van der Waals surface area contributed by atoms with E-state index in [-0.39, 0.29) is 35.7 Å². The second-order valence-electron chi connectivity index (χ2n) is 5.20. The standard InChI is InChI=1S/C18H16O7/c1-3-22-17(20)11-9-24-16(18(21)23-4-2)13-14(19)10-7-5-6-8-12(10)25-15(11)13/h5-9,15H,3-4H2,1-2H3. The second-order valence-corrected chi connectivity index (χ2v) is 5.20. The monoisotopic (exact) mass is 344 g/mol. The summed E-state index contributed by atoms with van der Waals surface area (Å²) in [6, 6.07) is 6.58. The number of carbonyl (C=O) groups excluding carboxylic acids is 3. The molecule has 1 unspecified atom stereocenters. The minimum Gasteiger partial charge on any atom is -0.480 e. The zero-order valence-electron chi connectivity index (χ0n) is 13.7. The molecule has 25 heavy (non-hydrogen) atoms. The lowest BCUT2D eigenvalue weighted by molar-refractivity contribution is -0.143. The number of carbonyl (C=O) groups is 3. The van der Waals surface area contributed by atoms with Crippen LogP contribution in [-0.4, -0.2) is 37.0 Å². The summed E-state index contributed by atoms with van der Waals surface area (Å²) in [4.78, 5) is 37.2. The molecule has 0 N–H and O–H groups in total. The third kappa shape index (κ3) is 2.88. The molecule has 1 aromatic carbocycles. The molecule has 0 fully saturated rings. The van der Waals surface area contributed by atoms with Gasteiger partial charge < -0.3 is 18.9 Å². The molecule has 1 atom stereocenters. The first kappa shape index (κ1) is 16.8. The van der Waals surface area contributed by atoms with E-state index in [4.69, 9.17) is 18.9 Å². The van der Waals surface area contributed by atoms with Crippen LogP contribution >= 0.6 is 0 Å². The van der Waals surface area contributed by atoms with Gasteiger partial charge in [0.1, 0.15) is 17.6 Å². The normalized spacial score (nSPS) is 18.2. The van der Waals surface area contributed by atoms with E-state index in [1.165, 1.54) is 0 Å². The highest BCUT2D eigenvalue weighted by atomic mass is 16.6. The average Bonchev–Trinajstić information content (AvgIpc) is 2.61. The number of esters is 2. The topological polar surface area (TPSA) is 88.1 Å². The van der Waals surface area contributed by atoms with Crippen LogP contribution in [0.3, 0.4) is 0 Å². The molecule has 0 amide bonds. The van der Waals surface area contributed by atoms with Gasteiger partial charge >= 0.3 is 11.9 Å². The average molecular weight is 344 g/mol. The van der Waals surface area contributed by atoms with Gasteiger partial charge in [-0.1, -0.05) is 12.1 Å². The van der Waals surface area contributed by atoms with Gasteiger partial charge in [0.25, 0.3) is 0 Å². The number of hydrogen-bond donors (Lipinski definition) is 0. The van der Waals surface area contributed by atoms with Crippen molar-refractivity contribution in [3.8, 4) is 5.75 Å². The third-order valence-corrected chi connectivity index (χ3v) is 3.69. The zero-order valence-corrected chi connectivity index (χ0v) is 13.7. The van der Waals surface area contributed by atoms with Gasteiger partial charge in [-0.05, 0) is 26.0 Å². The molecule has 0 saturated carbocycles. The molecule has 3 rings (SSSR count). The Hall–Kier alpha value is -3.09. The number of ether oxygens (including phenoxy) is 4. The number of para-hydroxylation sites is 1. The highest BCUT2D eigenvalue weighted by Crippen LogP contribution is 2.38. The van der Waals surface area contributed by atoms with Gasteiger partial charge in [0.05, 0.1) is 24.4 Å². The molecular formula is C18H16O7. The molecule has 0 bridgehead atoms. The van der Waals surface area contributed by atoms with E-state index in [1.807, 2.05) is 0 Å². The van der Waals surface area contributed by atoms with Crippen molar-refractivity contribution in [1.29, 1.82) is 0 Å². The third-order valence-electron chi connectivity index (χ3n) is 3.69. The van der Waals surface area contributed by atoms with Gasteiger partial charge in [-0.3, -0.25) is 4.79 Å². The zero-order chi connectivity index (χ0) is 18.0. The Kier molecular flexibility index (Phi) is 4.56. The Bertz CT molecular complexity index is 803. The Morgan fingerprint density at radius 1 is 1.08 bits per heavy atom. The van der Waals surface area contributed by atoms with Gasteiger partial charge in [0, 0.05) is 0 Å². The van der Waals surface area contributed by atoms with E-state index in [0.29, 0.717) is 5.75 Å². The molecule has 0 aliphatic carbocycles. The molecule has 1 aromatic rings. The predicted octanol–water partition coefficient (Wildman–Crippen LogP) is 1.92. The fraction of sp³-hybridized carbons (Fsp3) is 0.278. The first-order chi connectivity index (χ1) is 12.1. The molecular weight excluding hydrogens is 328 g/mol. The van der Waals surface area contributed by atoms with Crippen molar-refractivity contribution in [2.45, 2.75) is 20.0 Å². The fourth-order valence-corrected chi connectivity index (χ4v) is 2.62. The van der Waals surface area contributed by atoms with Crippen LogP contribution in [0.5, 0.6) is 5.75 Å². The molecule has 7 nitrogen and oxygen atoms in total. The van der Waals surface area contributed by atoms with Crippen molar-refractivity contribution in [2.75, 3.05) is 13.2 Å². The van der Waals surface area contributed by atoms with Crippen molar-refractivity contribution < 1.29 is 33.3 Å². The minimum atomic E-state index is -1.09. The maximum Gasteiger partial charge on any atom is 0.374 e. The van der Waals surface area contributed by atoms with Gasteiger partial charge in [0.2, 0.25) is 11.5 Å². The van der Waals surface area contributed by atoms with E-state index in [9.17, 15) is 14.4 Å². The lowest BCUT2D eigenvalue weighted by atomic mass is 9.89. The summed E-state index contributed by atoms with van der Waals surface area (Å²) in [5.74, 6) is -1.89. The van der Waals surface area contributed by atoms with Crippen LogP contribution in [0.1, 0.15) is 24.2 Å². The largest absolute Gasteiger partial charge is 0.480 e. The Morgan fingerprint density at radius 3 is 2.48 bits per heavy atom. The van der Waals surface area contributed by atoms with E-state index in [1.54, 1.807) is 38.1 Å². The summed E-state index contributed by atoms with van der Waals surface area (Å²) in [7, 11) is 0. The van der Waals surface area contributed by atoms with Crippen molar-refractivity contribution in [3.63, 3.8) is 0 Å². The molecule has 2 aliphatic heterocycles. The quantitative estimate of drug-likeness (QED) is 0.771. The summed E-state index contributed by atoms with van der Waals surface area (Å²) in [5.41, 5.74) is 0.222. The Labute approximate surface area is 143 Å². The minimum absolute atomic E-state index is 0.00718. The first-order valence-corrected chi connectivity index (χ1v) is 7.84. The van der Waals surface area contributed by atoms with Crippen LogP contribution in [-0.2, 0) is 23.8 Å². The Balaban J connectivity index is 2.10. The number of benzene rings is 1. The SMILES string of the molecule is CCOC(=O)C1=COC(C(=O)OCC)=C2C(=O)c3ccccc3OC12. The van der Waals surface area contributed by atoms with Crippen LogP contribution in [0, 0.1) is 0 Å². The van der Waals surface area contributed by atoms with Crippen LogP contribution < -0.4 is 4.74 Å². The van der Waals surface area contributed by atoms with E-state index in [0.717, 1.165) is 6.26 Å². The Morgan fingerprint density at radius 2 is 1.76 bits per heavy atom. The fourth-order valence-electron chi connectivity index (χ4n) is 2.62. The predicted molar refractivity (Wildman–Crippen MR) is 84.6 cm³/mol. The number of hydrogen-bond acceptors (Lipinski definition) is 7. The summed E-state index contributed by atoms with van der Waals surface area (Å²) >= 11 is 0. The summed E-state index contributed by atoms with van der Waals surface area (Å²) in [5, 5.41) is 0. The van der Waals surface area contributed by atoms with Crippen LogP contribution in [0.4, 0.5) is 0 Å².